The van der Waals surface area contributed by atoms with Crippen LogP contribution in [0.25, 0.3) is 0 Å². The number of benzene rings is 1. The van der Waals surface area contributed by atoms with E-state index in [2.05, 4.69) is 10.6 Å². The maximum absolute atomic E-state index is 12.2. The summed E-state index contributed by atoms with van der Waals surface area (Å²) < 4.78 is 0. The largest absolute Gasteiger partial charge is 0.379 e. The summed E-state index contributed by atoms with van der Waals surface area (Å²) in [5, 5.41) is 5.82. The lowest BCUT2D eigenvalue weighted by atomic mass is 9.92. The highest BCUT2D eigenvalue weighted by Gasteiger charge is 2.30. The zero-order valence-corrected chi connectivity index (χ0v) is 10.7. The highest BCUT2D eigenvalue weighted by molar-refractivity contribution is 6.49. The molecule has 0 radical (unpaired) electrons. The summed E-state index contributed by atoms with van der Waals surface area (Å²) in [5.74, 6) is -0.537. The van der Waals surface area contributed by atoms with Crippen LogP contribution < -0.4 is 10.6 Å². The van der Waals surface area contributed by atoms with Crippen LogP contribution in [-0.4, -0.2) is 31.7 Å². The van der Waals surface area contributed by atoms with E-state index < -0.39 is 0 Å². The van der Waals surface area contributed by atoms with Crippen molar-refractivity contribution in [1.82, 2.24) is 10.6 Å². The number of fused-ring (bicyclic) bond motifs is 1. The highest BCUT2D eigenvalue weighted by Crippen LogP contribution is 2.26. The van der Waals surface area contributed by atoms with Gasteiger partial charge in [0.2, 0.25) is 11.6 Å². The third-order valence-electron chi connectivity index (χ3n) is 2.74. The molecule has 1 aromatic carbocycles. The Morgan fingerprint density at radius 1 is 1.06 bits per heavy atom. The first-order chi connectivity index (χ1) is 8.66. The lowest BCUT2D eigenvalue weighted by Gasteiger charge is -2.18. The Kier molecular flexibility index (Phi) is 3.79. The second-order valence-corrected chi connectivity index (χ2v) is 4.30. The maximum Gasteiger partial charge on any atom is 0.211 e. The van der Waals surface area contributed by atoms with E-state index in [-0.39, 0.29) is 22.3 Å². The van der Waals surface area contributed by atoms with Crippen molar-refractivity contribution in [2.75, 3.05) is 20.1 Å². The molecule has 0 unspecified atom stereocenters. The number of hydrogen-bond donors (Lipinski definition) is 2. The molecule has 1 aliphatic rings. The minimum atomic E-state index is -0.307. The second kappa shape index (κ2) is 5.33. The zero-order chi connectivity index (χ0) is 13.1. The molecule has 2 N–H and O–H groups in total. The second-order valence-electron chi connectivity index (χ2n) is 3.92. The fourth-order valence-corrected chi connectivity index (χ4v) is 2.07. The summed E-state index contributed by atoms with van der Waals surface area (Å²) in [4.78, 5) is 24.2. The van der Waals surface area contributed by atoms with Crippen molar-refractivity contribution in [3.05, 3.63) is 46.1 Å². The molecule has 0 amide bonds. The van der Waals surface area contributed by atoms with Gasteiger partial charge in [-0.3, -0.25) is 9.59 Å². The SMILES string of the molecule is CNCCNC1=C(Cl)C(=O)c2ccccc2C1=O. The van der Waals surface area contributed by atoms with Gasteiger partial charge in [-0.05, 0) is 7.05 Å². The van der Waals surface area contributed by atoms with Gasteiger partial charge in [-0.2, -0.15) is 0 Å². The zero-order valence-electron chi connectivity index (χ0n) is 9.92. The van der Waals surface area contributed by atoms with Crippen molar-refractivity contribution in [2.45, 2.75) is 0 Å². The molecule has 4 nitrogen and oxygen atoms in total. The van der Waals surface area contributed by atoms with Gasteiger partial charge in [-0.1, -0.05) is 35.9 Å². The quantitative estimate of drug-likeness (QED) is 0.806. The normalized spacial score (nSPS) is 14.8. The summed E-state index contributed by atoms with van der Waals surface area (Å²) in [5.41, 5.74) is 0.959. The topological polar surface area (TPSA) is 58.2 Å². The van der Waals surface area contributed by atoms with Gasteiger partial charge >= 0.3 is 0 Å². The molecule has 1 aliphatic carbocycles. The Labute approximate surface area is 110 Å². The minimum absolute atomic E-state index is 0.0326. The Morgan fingerprint density at radius 3 is 2.28 bits per heavy atom. The van der Waals surface area contributed by atoms with Gasteiger partial charge < -0.3 is 10.6 Å². The van der Waals surface area contributed by atoms with E-state index in [1.807, 2.05) is 0 Å². The summed E-state index contributed by atoms with van der Waals surface area (Å²) in [7, 11) is 1.81. The number of ketones is 2. The van der Waals surface area contributed by atoms with Crippen molar-refractivity contribution in [2.24, 2.45) is 0 Å². The highest BCUT2D eigenvalue weighted by atomic mass is 35.5. The van der Waals surface area contributed by atoms with Crippen molar-refractivity contribution in [1.29, 1.82) is 0 Å². The number of carbonyl (C=O) groups is 2. The fraction of sp³-hybridized carbons (Fsp3) is 0.231. The Hall–Kier alpha value is -1.65. The number of Topliss-reactive ketones (excluding diaryl/α,β-unsaturated/α-hetero) is 2. The van der Waals surface area contributed by atoms with Crippen molar-refractivity contribution >= 4 is 23.2 Å². The average molecular weight is 265 g/mol. The summed E-state index contributed by atoms with van der Waals surface area (Å²) in [6, 6.07) is 6.70. The molecule has 18 heavy (non-hydrogen) atoms. The molecule has 0 heterocycles. The first-order valence-corrected chi connectivity index (χ1v) is 6.01. The van der Waals surface area contributed by atoms with Gasteiger partial charge in [0, 0.05) is 24.2 Å². The molecule has 0 spiro atoms. The molecule has 0 aliphatic heterocycles. The summed E-state index contributed by atoms with van der Waals surface area (Å²) >= 11 is 5.96. The fourth-order valence-electron chi connectivity index (χ4n) is 1.82. The van der Waals surface area contributed by atoms with Crippen LogP contribution in [0, 0.1) is 0 Å². The molecule has 94 valence electrons. The maximum atomic E-state index is 12.2. The third-order valence-corrected chi connectivity index (χ3v) is 3.10. The van der Waals surface area contributed by atoms with Gasteiger partial charge in [0.1, 0.15) is 10.7 Å². The average Bonchev–Trinajstić information content (AvgIpc) is 2.40. The standard InChI is InChI=1S/C13H13ClN2O2/c1-15-6-7-16-11-10(14)12(17)8-4-2-3-5-9(8)13(11)18/h2-5,15-16H,6-7H2,1H3. The van der Waals surface area contributed by atoms with Gasteiger partial charge in [-0.15, -0.1) is 0 Å². The van der Waals surface area contributed by atoms with Gasteiger partial charge in [-0.25, -0.2) is 0 Å². The van der Waals surface area contributed by atoms with Gasteiger partial charge in [0.25, 0.3) is 0 Å². The van der Waals surface area contributed by atoms with Crippen LogP contribution in [0.2, 0.25) is 0 Å². The van der Waals surface area contributed by atoms with E-state index in [1.165, 1.54) is 0 Å². The molecule has 0 saturated heterocycles. The van der Waals surface area contributed by atoms with E-state index in [0.29, 0.717) is 24.2 Å². The lowest BCUT2D eigenvalue weighted by molar-refractivity contribution is 0.0975. The number of halogens is 1. The number of allylic oxidation sites excluding steroid dienone is 2. The van der Waals surface area contributed by atoms with Crippen LogP contribution in [0.5, 0.6) is 0 Å². The Bertz CT molecular complexity index is 538. The number of likely N-dealkylation sites (N-methyl/N-ethyl adjacent to an activating group) is 1. The number of carbonyl (C=O) groups excluding carboxylic acids is 2. The number of hydrogen-bond acceptors (Lipinski definition) is 4. The molecule has 0 fully saturated rings. The van der Waals surface area contributed by atoms with Crippen LogP contribution in [0.4, 0.5) is 0 Å². The number of rotatable bonds is 4. The summed E-state index contributed by atoms with van der Waals surface area (Å²) in [6.07, 6.45) is 0. The smallest absolute Gasteiger partial charge is 0.211 e. The molecule has 0 atom stereocenters. The molecule has 5 heteroatoms. The lowest BCUT2D eigenvalue weighted by Crippen LogP contribution is -2.32. The van der Waals surface area contributed by atoms with Crippen LogP contribution in [0.1, 0.15) is 20.7 Å². The summed E-state index contributed by atoms with van der Waals surface area (Å²) in [6.45, 7) is 1.21. The monoisotopic (exact) mass is 264 g/mol. The van der Waals surface area contributed by atoms with Crippen molar-refractivity contribution < 1.29 is 9.59 Å². The first kappa shape index (κ1) is 12.8. The van der Waals surface area contributed by atoms with Crippen LogP contribution in [-0.2, 0) is 0 Å². The van der Waals surface area contributed by atoms with Crippen LogP contribution >= 0.6 is 11.6 Å². The van der Waals surface area contributed by atoms with Crippen LogP contribution in [0.3, 0.4) is 0 Å². The first-order valence-electron chi connectivity index (χ1n) is 5.63. The third kappa shape index (κ3) is 2.17. The van der Waals surface area contributed by atoms with E-state index >= 15 is 0 Å². The van der Waals surface area contributed by atoms with E-state index in [1.54, 1.807) is 31.3 Å². The van der Waals surface area contributed by atoms with Gasteiger partial charge in [0.05, 0.1) is 0 Å². The Morgan fingerprint density at radius 2 is 1.67 bits per heavy atom. The van der Waals surface area contributed by atoms with Crippen molar-refractivity contribution in [3.8, 4) is 0 Å². The molecular weight excluding hydrogens is 252 g/mol. The van der Waals surface area contributed by atoms with E-state index in [4.69, 9.17) is 11.6 Å². The van der Waals surface area contributed by atoms with Gasteiger partial charge in [0.15, 0.2) is 0 Å². The predicted molar refractivity (Wildman–Crippen MR) is 69.9 cm³/mol. The van der Waals surface area contributed by atoms with E-state index in [0.717, 1.165) is 0 Å². The number of nitrogens with one attached hydrogen (secondary N) is 2. The molecule has 1 aromatic rings. The van der Waals surface area contributed by atoms with Crippen LogP contribution in [0.15, 0.2) is 35.0 Å². The molecule has 0 aromatic heterocycles. The molecule has 0 bridgehead atoms. The van der Waals surface area contributed by atoms with Crippen molar-refractivity contribution in [3.63, 3.8) is 0 Å². The Balaban J connectivity index is 2.34. The molecule has 0 saturated carbocycles. The minimum Gasteiger partial charge on any atom is -0.379 e. The predicted octanol–water partition coefficient (Wildman–Crippen LogP) is 1.32. The van der Waals surface area contributed by atoms with E-state index in [9.17, 15) is 9.59 Å². The molecule has 2 rings (SSSR count). The molecular formula is C13H13ClN2O2.